The molecular formula is C17H22N4O2. The molecule has 2 rings (SSSR count). The zero-order chi connectivity index (χ0) is 16.8. The molecule has 0 aromatic carbocycles. The summed E-state index contributed by atoms with van der Waals surface area (Å²) in [7, 11) is 7.18. The SMILES string of the molecule is COC[C@@H](c1ccccn1)N(C)C(=O)c1ccc(N(C)C)nc1. The van der Waals surface area contributed by atoms with Crippen LogP contribution in [0.15, 0.2) is 42.7 Å². The van der Waals surface area contributed by atoms with Gasteiger partial charge in [0, 0.05) is 40.6 Å². The Morgan fingerprint density at radius 2 is 1.96 bits per heavy atom. The molecule has 6 nitrogen and oxygen atoms in total. The van der Waals surface area contributed by atoms with Crippen LogP contribution in [0.4, 0.5) is 5.82 Å². The van der Waals surface area contributed by atoms with E-state index in [1.165, 1.54) is 0 Å². The molecule has 23 heavy (non-hydrogen) atoms. The van der Waals surface area contributed by atoms with Crippen molar-refractivity contribution >= 4 is 11.7 Å². The summed E-state index contributed by atoms with van der Waals surface area (Å²) < 4.78 is 5.26. The Bertz CT molecular complexity index is 629. The second-order valence-corrected chi connectivity index (χ2v) is 5.44. The van der Waals surface area contributed by atoms with Crippen LogP contribution < -0.4 is 4.90 Å². The number of carbonyl (C=O) groups is 1. The lowest BCUT2D eigenvalue weighted by atomic mass is 10.1. The van der Waals surface area contributed by atoms with Crippen molar-refractivity contribution < 1.29 is 9.53 Å². The van der Waals surface area contributed by atoms with E-state index in [4.69, 9.17) is 4.74 Å². The first-order valence-corrected chi connectivity index (χ1v) is 7.35. The lowest BCUT2D eigenvalue weighted by Gasteiger charge is -2.27. The lowest BCUT2D eigenvalue weighted by Crippen LogP contribution is -2.34. The molecule has 0 fully saturated rings. The summed E-state index contributed by atoms with van der Waals surface area (Å²) in [6.07, 6.45) is 3.31. The maximum atomic E-state index is 12.7. The normalized spacial score (nSPS) is 11.8. The minimum Gasteiger partial charge on any atom is -0.382 e. The van der Waals surface area contributed by atoms with Crippen molar-refractivity contribution in [2.24, 2.45) is 0 Å². The number of methoxy groups -OCH3 is 1. The van der Waals surface area contributed by atoms with E-state index in [-0.39, 0.29) is 11.9 Å². The number of pyridine rings is 2. The van der Waals surface area contributed by atoms with E-state index < -0.39 is 0 Å². The molecule has 0 bridgehead atoms. The Kier molecular flexibility index (Phi) is 5.65. The number of amides is 1. The molecule has 2 aromatic rings. The van der Waals surface area contributed by atoms with Crippen LogP contribution in [0.5, 0.6) is 0 Å². The molecule has 0 N–H and O–H groups in total. The molecule has 0 aliphatic carbocycles. The molecule has 2 aromatic heterocycles. The van der Waals surface area contributed by atoms with E-state index in [2.05, 4.69) is 9.97 Å². The molecule has 0 saturated carbocycles. The smallest absolute Gasteiger partial charge is 0.255 e. The molecule has 1 amide bonds. The third kappa shape index (κ3) is 4.04. The van der Waals surface area contributed by atoms with E-state index in [9.17, 15) is 4.79 Å². The fourth-order valence-electron chi connectivity index (χ4n) is 2.25. The minimum atomic E-state index is -0.248. The maximum Gasteiger partial charge on any atom is 0.255 e. The number of nitrogens with zero attached hydrogens (tertiary/aromatic N) is 4. The van der Waals surface area contributed by atoms with E-state index in [0.717, 1.165) is 11.5 Å². The third-order valence-electron chi connectivity index (χ3n) is 3.59. The second kappa shape index (κ2) is 7.69. The van der Waals surface area contributed by atoms with Crippen LogP contribution in [0.3, 0.4) is 0 Å². The van der Waals surface area contributed by atoms with Gasteiger partial charge in [-0.1, -0.05) is 6.07 Å². The fraction of sp³-hybridized carbons (Fsp3) is 0.353. The third-order valence-corrected chi connectivity index (χ3v) is 3.59. The highest BCUT2D eigenvalue weighted by Gasteiger charge is 2.24. The van der Waals surface area contributed by atoms with Crippen LogP contribution >= 0.6 is 0 Å². The van der Waals surface area contributed by atoms with Crippen molar-refractivity contribution in [3.63, 3.8) is 0 Å². The Morgan fingerprint density at radius 3 is 2.48 bits per heavy atom. The first-order chi connectivity index (χ1) is 11.0. The number of ether oxygens (including phenoxy) is 1. The second-order valence-electron chi connectivity index (χ2n) is 5.44. The summed E-state index contributed by atoms with van der Waals surface area (Å²) in [6.45, 7) is 0.377. The van der Waals surface area contributed by atoms with Gasteiger partial charge in [0.1, 0.15) is 5.82 Å². The van der Waals surface area contributed by atoms with Crippen LogP contribution in [-0.2, 0) is 4.74 Å². The summed E-state index contributed by atoms with van der Waals surface area (Å²) in [5.41, 5.74) is 1.33. The average Bonchev–Trinajstić information content (AvgIpc) is 2.59. The predicted octanol–water partition coefficient (Wildman–Crippen LogP) is 2.00. The highest BCUT2D eigenvalue weighted by atomic mass is 16.5. The first-order valence-electron chi connectivity index (χ1n) is 7.35. The van der Waals surface area contributed by atoms with Gasteiger partial charge in [0.2, 0.25) is 0 Å². The maximum absolute atomic E-state index is 12.7. The number of anilines is 1. The summed E-state index contributed by atoms with van der Waals surface area (Å²) in [6, 6.07) is 9.00. The molecule has 0 aliphatic heterocycles. The predicted molar refractivity (Wildman–Crippen MR) is 89.5 cm³/mol. The lowest BCUT2D eigenvalue weighted by molar-refractivity contribution is 0.0594. The van der Waals surface area contributed by atoms with Crippen LogP contribution in [0.2, 0.25) is 0 Å². The van der Waals surface area contributed by atoms with Crippen LogP contribution in [0.25, 0.3) is 0 Å². The number of rotatable bonds is 6. The molecule has 0 aliphatic rings. The van der Waals surface area contributed by atoms with Crippen LogP contribution in [-0.4, -0.2) is 55.6 Å². The summed E-state index contributed by atoms with van der Waals surface area (Å²) in [5, 5.41) is 0. The van der Waals surface area contributed by atoms with Crippen molar-refractivity contribution in [3.8, 4) is 0 Å². The Labute approximate surface area is 136 Å². The van der Waals surface area contributed by atoms with E-state index in [0.29, 0.717) is 12.2 Å². The van der Waals surface area contributed by atoms with Crippen LogP contribution in [0.1, 0.15) is 22.1 Å². The Morgan fingerprint density at radius 1 is 1.17 bits per heavy atom. The molecule has 6 heteroatoms. The van der Waals surface area contributed by atoms with Gasteiger partial charge >= 0.3 is 0 Å². The highest BCUT2D eigenvalue weighted by molar-refractivity contribution is 5.94. The zero-order valence-electron chi connectivity index (χ0n) is 13.9. The van der Waals surface area contributed by atoms with Gasteiger partial charge < -0.3 is 14.5 Å². The minimum absolute atomic E-state index is 0.115. The van der Waals surface area contributed by atoms with Gasteiger partial charge in [0.15, 0.2) is 0 Å². The van der Waals surface area contributed by atoms with Crippen molar-refractivity contribution in [3.05, 3.63) is 54.0 Å². The van der Waals surface area contributed by atoms with E-state index in [1.807, 2.05) is 43.3 Å². The van der Waals surface area contributed by atoms with Gasteiger partial charge in [0.05, 0.1) is 23.9 Å². The van der Waals surface area contributed by atoms with Gasteiger partial charge in [-0.2, -0.15) is 0 Å². The van der Waals surface area contributed by atoms with Crippen molar-refractivity contribution in [2.75, 3.05) is 39.8 Å². The van der Waals surface area contributed by atoms with Gasteiger partial charge in [-0.25, -0.2) is 4.98 Å². The first kappa shape index (κ1) is 16.9. The van der Waals surface area contributed by atoms with Crippen molar-refractivity contribution in [1.29, 1.82) is 0 Å². The molecular weight excluding hydrogens is 292 g/mol. The molecule has 2 heterocycles. The summed E-state index contributed by atoms with van der Waals surface area (Å²) in [5.74, 6) is 0.692. The average molecular weight is 314 g/mol. The van der Waals surface area contributed by atoms with E-state index >= 15 is 0 Å². The monoisotopic (exact) mass is 314 g/mol. The van der Waals surface area contributed by atoms with E-state index in [1.54, 1.807) is 37.5 Å². The molecule has 0 radical (unpaired) electrons. The number of carbonyl (C=O) groups excluding carboxylic acids is 1. The number of hydrogen-bond acceptors (Lipinski definition) is 5. The molecule has 0 unspecified atom stereocenters. The highest BCUT2D eigenvalue weighted by Crippen LogP contribution is 2.20. The van der Waals surface area contributed by atoms with Gasteiger partial charge in [0.25, 0.3) is 5.91 Å². The van der Waals surface area contributed by atoms with Gasteiger partial charge in [-0.3, -0.25) is 9.78 Å². The van der Waals surface area contributed by atoms with Gasteiger partial charge in [-0.05, 0) is 24.3 Å². The number of likely N-dealkylation sites (N-methyl/N-ethyl adjacent to an activating group) is 1. The number of hydrogen-bond donors (Lipinski definition) is 0. The standard InChI is InChI=1S/C17H22N4O2/c1-20(2)16-9-8-13(11-19-16)17(22)21(3)15(12-23-4)14-7-5-6-10-18-14/h5-11,15H,12H2,1-4H3/t15-/m0/s1. The summed E-state index contributed by atoms with van der Waals surface area (Å²) in [4.78, 5) is 24.9. The van der Waals surface area contributed by atoms with Crippen LogP contribution in [0, 0.1) is 0 Å². The molecule has 0 spiro atoms. The van der Waals surface area contributed by atoms with Crippen molar-refractivity contribution in [1.82, 2.24) is 14.9 Å². The Balaban J connectivity index is 2.22. The summed E-state index contributed by atoms with van der Waals surface area (Å²) >= 11 is 0. The molecule has 1 atom stereocenters. The quantitative estimate of drug-likeness (QED) is 0.816. The topological polar surface area (TPSA) is 58.6 Å². The molecule has 0 saturated heterocycles. The largest absolute Gasteiger partial charge is 0.382 e. The van der Waals surface area contributed by atoms with Gasteiger partial charge in [-0.15, -0.1) is 0 Å². The zero-order valence-corrected chi connectivity index (χ0v) is 13.9. The fourth-order valence-corrected chi connectivity index (χ4v) is 2.25. The van der Waals surface area contributed by atoms with Crippen molar-refractivity contribution in [2.45, 2.75) is 6.04 Å². The number of aromatic nitrogens is 2. The molecule has 122 valence electrons. The Hall–Kier alpha value is -2.47.